The molecule has 0 saturated carbocycles. The second kappa shape index (κ2) is 8.12. The molecule has 29 heavy (non-hydrogen) atoms. The van der Waals surface area contributed by atoms with Gasteiger partial charge in [-0.1, -0.05) is 30.3 Å². The van der Waals surface area contributed by atoms with Gasteiger partial charge in [0.15, 0.2) is 7.37 Å². The number of aromatic nitrogens is 2. The summed E-state index contributed by atoms with van der Waals surface area (Å²) < 4.78 is 12.0. The van der Waals surface area contributed by atoms with Crippen molar-refractivity contribution in [3.8, 4) is 0 Å². The van der Waals surface area contributed by atoms with Crippen LogP contribution in [0.4, 0.5) is 5.69 Å². The van der Waals surface area contributed by atoms with E-state index >= 15 is 0 Å². The minimum absolute atomic E-state index is 0.0444. The topological polar surface area (TPSA) is 158 Å². The average Bonchev–Trinajstić information content (AvgIpc) is 2.65. The summed E-state index contributed by atoms with van der Waals surface area (Å²) in [4.78, 5) is 48.6. The summed E-state index contributed by atoms with van der Waals surface area (Å²) >= 11 is 0. The Hall–Kier alpha value is -3.07. The molecule has 10 nitrogen and oxygen atoms in total. The molecule has 0 aliphatic heterocycles. The Morgan fingerprint density at radius 3 is 2.45 bits per heavy atom. The average molecular weight is 418 g/mol. The smallest absolute Gasteiger partial charge is 0.314 e. The number of hydrogen-bond acceptors (Lipinski definition) is 6. The molecular weight excluding hydrogens is 399 g/mol. The number of hydrogen-bond donors (Lipinski definition) is 4. The van der Waals surface area contributed by atoms with Crippen molar-refractivity contribution in [3.63, 3.8) is 0 Å². The highest BCUT2D eigenvalue weighted by molar-refractivity contribution is 7.57. The fraction of sp³-hybridized carbons (Fsp3) is 0.222. The predicted molar refractivity (Wildman–Crippen MR) is 108 cm³/mol. The first kappa shape index (κ1) is 20.7. The number of H-pyrrole nitrogens is 2. The van der Waals surface area contributed by atoms with Crippen LogP contribution in [0.1, 0.15) is 17.2 Å². The van der Waals surface area contributed by atoms with Crippen LogP contribution in [-0.4, -0.2) is 32.6 Å². The number of nitro benzene ring substituents is 1. The Bertz CT molecular complexity index is 1210. The van der Waals surface area contributed by atoms with E-state index in [1.165, 1.54) is 18.8 Å². The molecular formula is C18H19N4O6P. The third-order valence-electron chi connectivity index (χ3n) is 4.37. The summed E-state index contributed by atoms with van der Waals surface area (Å²) in [5.41, 5.74) is -0.514. The Morgan fingerprint density at radius 2 is 1.83 bits per heavy atom. The van der Waals surface area contributed by atoms with Crippen LogP contribution in [0.15, 0.2) is 52.1 Å². The molecule has 0 aliphatic rings. The summed E-state index contributed by atoms with van der Waals surface area (Å²) in [7, 11) is -3.37. The minimum Gasteiger partial charge on any atom is -0.344 e. The SMILES string of the molecule is CP(=O)(O)CC(NCc1cc([N+](=O)[O-])cc2[nH]c(=O)c(=O)[nH]c12)c1ccccc1. The van der Waals surface area contributed by atoms with Crippen LogP contribution in [0, 0.1) is 10.1 Å². The second-order valence-electron chi connectivity index (χ2n) is 6.77. The number of nitrogens with one attached hydrogen (secondary N) is 3. The molecule has 2 atom stereocenters. The van der Waals surface area contributed by atoms with Crippen molar-refractivity contribution in [1.82, 2.24) is 15.3 Å². The van der Waals surface area contributed by atoms with E-state index < -0.39 is 29.5 Å². The molecule has 11 heteroatoms. The van der Waals surface area contributed by atoms with E-state index in [-0.39, 0.29) is 29.4 Å². The van der Waals surface area contributed by atoms with Crippen LogP contribution in [-0.2, 0) is 11.1 Å². The number of benzene rings is 2. The maximum atomic E-state index is 12.0. The van der Waals surface area contributed by atoms with Gasteiger partial charge in [-0.15, -0.1) is 0 Å². The molecule has 1 aromatic heterocycles. The molecule has 0 spiro atoms. The van der Waals surface area contributed by atoms with E-state index in [0.29, 0.717) is 5.56 Å². The van der Waals surface area contributed by atoms with Crippen molar-refractivity contribution in [3.05, 3.63) is 84.4 Å². The van der Waals surface area contributed by atoms with Crippen molar-refractivity contribution in [2.75, 3.05) is 12.8 Å². The van der Waals surface area contributed by atoms with Crippen molar-refractivity contribution >= 4 is 24.1 Å². The fourth-order valence-electron chi connectivity index (χ4n) is 3.07. The summed E-state index contributed by atoms with van der Waals surface area (Å²) in [5.74, 6) is 0. The lowest BCUT2D eigenvalue weighted by molar-refractivity contribution is -0.384. The zero-order chi connectivity index (χ0) is 21.2. The Kier molecular flexibility index (Phi) is 5.78. The normalized spacial score (nSPS) is 14.4. The van der Waals surface area contributed by atoms with E-state index in [0.717, 1.165) is 5.56 Å². The summed E-state index contributed by atoms with van der Waals surface area (Å²) in [6.45, 7) is 1.31. The zero-order valence-corrected chi connectivity index (χ0v) is 16.3. The Balaban J connectivity index is 2.02. The van der Waals surface area contributed by atoms with Gasteiger partial charge < -0.3 is 20.2 Å². The third kappa shape index (κ3) is 5.05. The molecule has 4 N–H and O–H groups in total. The van der Waals surface area contributed by atoms with Gasteiger partial charge in [0.25, 0.3) is 5.69 Å². The largest absolute Gasteiger partial charge is 0.344 e. The van der Waals surface area contributed by atoms with Crippen LogP contribution >= 0.6 is 7.37 Å². The first-order valence-electron chi connectivity index (χ1n) is 8.65. The lowest BCUT2D eigenvalue weighted by Gasteiger charge is -2.21. The number of nitro groups is 1. The quantitative estimate of drug-likeness (QED) is 0.197. The highest BCUT2D eigenvalue weighted by Crippen LogP contribution is 2.39. The number of fused-ring (bicyclic) bond motifs is 1. The standard InChI is InChI=1S/C18H19N4O6P/c1-29(27,28)10-15(11-5-3-2-4-6-11)19-9-12-7-13(22(25)26)8-14-16(12)21-18(24)17(23)20-14/h2-8,15,19H,9-10H2,1H3,(H,20,23)(H,21,24)(H,27,28). The fourth-order valence-corrected chi connectivity index (χ4v) is 4.09. The van der Waals surface area contributed by atoms with Crippen LogP contribution in [0.2, 0.25) is 0 Å². The van der Waals surface area contributed by atoms with Gasteiger partial charge in [-0.25, -0.2) is 0 Å². The maximum Gasteiger partial charge on any atom is 0.314 e. The van der Waals surface area contributed by atoms with Gasteiger partial charge in [-0.2, -0.15) is 0 Å². The van der Waals surface area contributed by atoms with Gasteiger partial charge >= 0.3 is 11.1 Å². The minimum atomic E-state index is -3.37. The van der Waals surface area contributed by atoms with Gasteiger partial charge in [-0.3, -0.25) is 24.3 Å². The monoisotopic (exact) mass is 418 g/mol. The van der Waals surface area contributed by atoms with Gasteiger partial charge in [0.05, 0.1) is 16.0 Å². The summed E-state index contributed by atoms with van der Waals surface area (Å²) in [6.07, 6.45) is -0.0444. The van der Waals surface area contributed by atoms with Crippen LogP contribution < -0.4 is 16.4 Å². The molecule has 2 unspecified atom stereocenters. The number of aromatic amines is 2. The van der Waals surface area contributed by atoms with Gasteiger partial charge in [0, 0.05) is 37.5 Å². The molecule has 0 bridgehead atoms. The van der Waals surface area contributed by atoms with E-state index in [4.69, 9.17) is 0 Å². The van der Waals surface area contributed by atoms with E-state index in [1.807, 2.05) is 6.07 Å². The molecule has 3 aromatic rings. The van der Waals surface area contributed by atoms with Gasteiger partial charge in [0.2, 0.25) is 0 Å². The highest BCUT2D eigenvalue weighted by atomic mass is 31.2. The van der Waals surface area contributed by atoms with Crippen LogP contribution in [0.3, 0.4) is 0 Å². The molecule has 2 aromatic carbocycles. The van der Waals surface area contributed by atoms with E-state index in [9.17, 15) is 29.2 Å². The van der Waals surface area contributed by atoms with Crippen LogP contribution in [0.5, 0.6) is 0 Å². The molecule has 3 rings (SSSR count). The van der Waals surface area contributed by atoms with Gasteiger partial charge in [0.1, 0.15) is 0 Å². The Morgan fingerprint density at radius 1 is 1.17 bits per heavy atom. The molecule has 1 heterocycles. The Labute approximate surface area is 164 Å². The molecule has 0 aliphatic carbocycles. The lowest BCUT2D eigenvalue weighted by atomic mass is 10.1. The molecule has 0 fully saturated rings. The molecule has 0 amide bonds. The summed E-state index contributed by atoms with van der Waals surface area (Å²) in [5, 5.41) is 14.4. The molecule has 152 valence electrons. The summed E-state index contributed by atoms with van der Waals surface area (Å²) in [6, 6.07) is 11.0. The van der Waals surface area contributed by atoms with Crippen molar-refractivity contribution in [2.45, 2.75) is 12.6 Å². The molecule has 0 radical (unpaired) electrons. The second-order valence-corrected chi connectivity index (χ2v) is 9.24. The zero-order valence-electron chi connectivity index (χ0n) is 15.4. The number of nitrogens with zero attached hydrogens (tertiary/aromatic N) is 1. The lowest BCUT2D eigenvalue weighted by Crippen LogP contribution is -2.30. The first-order chi connectivity index (χ1) is 13.6. The van der Waals surface area contributed by atoms with E-state index in [1.54, 1.807) is 24.3 Å². The molecule has 0 saturated heterocycles. The number of non-ortho nitro benzene ring substituents is 1. The maximum absolute atomic E-state index is 12.0. The predicted octanol–water partition coefficient (Wildman–Crippen LogP) is 1.86. The van der Waals surface area contributed by atoms with Gasteiger partial charge in [-0.05, 0) is 11.1 Å². The van der Waals surface area contributed by atoms with Crippen LogP contribution in [0.25, 0.3) is 11.0 Å². The third-order valence-corrected chi connectivity index (χ3v) is 5.41. The van der Waals surface area contributed by atoms with E-state index in [2.05, 4.69) is 15.3 Å². The highest BCUT2D eigenvalue weighted by Gasteiger charge is 2.21. The number of rotatable bonds is 7. The first-order valence-corrected chi connectivity index (χ1v) is 10.9. The van der Waals surface area contributed by atoms with Crippen molar-refractivity contribution < 1.29 is 14.4 Å². The van der Waals surface area contributed by atoms with Crippen molar-refractivity contribution in [1.29, 1.82) is 0 Å². The van der Waals surface area contributed by atoms with Crippen molar-refractivity contribution in [2.24, 2.45) is 0 Å².